The molecule has 15 heavy (non-hydrogen) atoms. The highest BCUT2D eigenvalue weighted by Crippen LogP contribution is 2.01. The topological polar surface area (TPSA) is 87.2 Å². The van der Waals surface area contributed by atoms with Crippen molar-refractivity contribution in [2.75, 3.05) is 12.8 Å². The van der Waals surface area contributed by atoms with E-state index in [1.165, 1.54) is 7.11 Å². The normalized spacial score (nSPS) is 10.0. The summed E-state index contributed by atoms with van der Waals surface area (Å²) in [5.74, 6) is -1.73. The second kappa shape index (κ2) is 4.54. The van der Waals surface area contributed by atoms with E-state index in [1.54, 1.807) is 0 Å². The molecule has 0 fully saturated rings. The van der Waals surface area contributed by atoms with Gasteiger partial charge in [-0.25, -0.2) is 9.18 Å². The molecule has 1 aromatic heterocycles. The van der Waals surface area contributed by atoms with Gasteiger partial charge >= 0.3 is 11.7 Å². The lowest BCUT2D eigenvalue weighted by Crippen LogP contribution is -2.25. The first-order chi connectivity index (χ1) is 7.04. The fraction of sp³-hybridized carbons (Fsp3) is 0.375. The number of carbonyl (C=O) groups is 1. The molecule has 0 aliphatic heterocycles. The van der Waals surface area contributed by atoms with Crippen LogP contribution in [0.5, 0.6) is 0 Å². The van der Waals surface area contributed by atoms with Crippen LogP contribution in [0.3, 0.4) is 0 Å². The number of nitrogens with zero attached hydrogens (tertiary/aromatic N) is 2. The number of aromatic nitrogens is 2. The number of carbonyl (C=O) groups excluding carboxylic acids is 1. The van der Waals surface area contributed by atoms with Crippen molar-refractivity contribution < 1.29 is 13.9 Å². The molecule has 1 heterocycles. The Hall–Kier alpha value is -1.92. The van der Waals surface area contributed by atoms with Gasteiger partial charge in [-0.15, -0.1) is 0 Å². The monoisotopic (exact) mass is 215 g/mol. The van der Waals surface area contributed by atoms with E-state index in [2.05, 4.69) is 9.72 Å². The first-order valence-corrected chi connectivity index (χ1v) is 4.14. The first kappa shape index (κ1) is 11.2. The van der Waals surface area contributed by atoms with Crippen LogP contribution in [0.2, 0.25) is 0 Å². The van der Waals surface area contributed by atoms with Crippen LogP contribution in [-0.4, -0.2) is 22.6 Å². The molecule has 0 aliphatic carbocycles. The third kappa shape index (κ3) is 2.76. The minimum atomic E-state index is -0.792. The van der Waals surface area contributed by atoms with Crippen molar-refractivity contribution in [1.29, 1.82) is 0 Å². The minimum absolute atomic E-state index is 0.00963. The van der Waals surface area contributed by atoms with Crippen LogP contribution in [0, 0.1) is 5.82 Å². The fourth-order valence-electron chi connectivity index (χ4n) is 0.953. The summed E-state index contributed by atoms with van der Waals surface area (Å²) in [4.78, 5) is 25.2. The summed E-state index contributed by atoms with van der Waals surface area (Å²) >= 11 is 0. The molecule has 0 spiro atoms. The highest BCUT2D eigenvalue weighted by atomic mass is 19.1. The third-order valence-corrected chi connectivity index (χ3v) is 1.76. The second-order valence-corrected chi connectivity index (χ2v) is 2.78. The Balaban J connectivity index is 2.82. The Morgan fingerprint density at radius 3 is 3.00 bits per heavy atom. The van der Waals surface area contributed by atoms with Gasteiger partial charge in [-0.1, -0.05) is 0 Å². The Labute approximate surface area is 84.5 Å². The molecule has 7 heteroatoms. The molecule has 0 aliphatic rings. The van der Waals surface area contributed by atoms with E-state index in [-0.39, 0.29) is 13.0 Å². The van der Waals surface area contributed by atoms with Crippen LogP contribution >= 0.6 is 0 Å². The van der Waals surface area contributed by atoms with Crippen molar-refractivity contribution >= 4 is 11.8 Å². The van der Waals surface area contributed by atoms with Crippen molar-refractivity contribution in [2.24, 2.45) is 0 Å². The maximum Gasteiger partial charge on any atom is 0.349 e. The molecular formula is C8H10FN3O3. The highest BCUT2D eigenvalue weighted by Gasteiger charge is 2.07. The van der Waals surface area contributed by atoms with Gasteiger partial charge in [0.25, 0.3) is 0 Å². The van der Waals surface area contributed by atoms with Gasteiger partial charge in [-0.3, -0.25) is 9.36 Å². The SMILES string of the molecule is COC(=O)CCn1cc(F)c(N)nc1=O. The molecule has 2 N–H and O–H groups in total. The highest BCUT2D eigenvalue weighted by molar-refractivity contribution is 5.68. The summed E-state index contributed by atoms with van der Waals surface area (Å²) in [6, 6.07) is 0. The average molecular weight is 215 g/mol. The zero-order valence-corrected chi connectivity index (χ0v) is 8.07. The number of hydrogen-bond donors (Lipinski definition) is 1. The van der Waals surface area contributed by atoms with Gasteiger partial charge in [0, 0.05) is 12.7 Å². The number of esters is 1. The first-order valence-electron chi connectivity index (χ1n) is 4.14. The summed E-state index contributed by atoms with van der Waals surface area (Å²) < 4.78 is 18.2. The molecule has 6 nitrogen and oxygen atoms in total. The van der Waals surface area contributed by atoms with Crippen molar-refractivity contribution in [1.82, 2.24) is 9.55 Å². The quantitative estimate of drug-likeness (QED) is 0.688. The maximum atomic E-state index is 12.9. The van der Waals surface area contributed by atoms with E-state index in [0.29, 0.717) is 0 Å². The lowest BCUT2D eigenvalue weighted by atomic mass is 10.4. The molecule has 0 saturated carbocycles. The van der Waals surface area contributed by atoms with E-state index in [4.69, 9.17) is 5.73 Å². The Morgan fingerprint density at radius 1 is 1.73 bits per heavy atom. The Bertz CT molecular complexity index is 430. The largest absolute Gasteiger partial charge is 0.469 e. The molecule has 0 unspecified atom stereocenters. The van der Waals surface area contributed by atoms with Crippen LogP contribution in [0.1, 0.15) is 6.42 Å². The summed E-state index contributed by atoms with van der Waals surface area (Å²) in [7, 11) is 1.23. The molecule has 0 atom stereocenters. The van der Waals surface area contributed by atoms with Crippen molar-refractivity contribution in [3.8, 4) is 0 Å². The van der Waals surface area contributed by atoms with Crippen LogP contribution in [0.25, 0.3) is 0 Å². The predicted octanol–water partition coefficient (Wildman–Crippen LogP) is -0.472. The fourth-order valence-corrected chi connectivity index (χ4v) is 0.953. The summed E-state index contributed by atoms with van der Waals surface area (Å²) in [6.07, 6.45) is 0.884. The van der Waals surface area contributed by atoms with Gasteiger partial charge < -0.3 is 10.5 Å². The molecule has 1 rings (SSSR count). The van der Waals surface area contributed by atoms with E-state index < -0.39 is 23.3 Å². The van der Waals surface area contributed by atoms with Crippen molar-refractivity contribution in [3.63, 3.8) is 0 Å². The van der Waals surface area contributed by atoms with E-state index in [0.717, 1.165) is 10.8 Å². The second-order valence-electron chi connectivity index (χ2n) is 2.78. The van der Waals surface area contributed by atoms with Gasteiger partial charge in [-0.05, 0) is 0 Å². The number of aryl methyl sites for hydroxylation is 1. The maximum absolute atomic E-state index is 12.9. The molecule has 82 valence electrons. The zero-order chi connectivity index (χ0) is 11.4. The molecule has 0 bridgehead atoms. The van der Waals surface area contributed by atoms with Gasteiger partial charge in [0.05, 0.1) is 13.5 Å². The van der Waals surface area contributed by atoms with E-state index >= 15 is 0 Å². The van der Waals surface area contributed by atoms with Gasteiger partial charge in [0.2, 0.25) is 0 Å². The van der Waals surface area contributed by atoms with Crippen LogP contribution in [0.4, 0.5) is 10.2 Å². The number of nitrogens with two attached hydrogens (primary N) is 1. The average Bonchev–Trinajstić information content (AvgIpc) is 2.21. The van der Waals surface area contributed by atoms with Gasteiger partial charge in [-0.2, -0.15) is 4.98 Å². The van der Waals surface area contributed by atoms with Gasteiger partial charge in [0.15, 0.2) is 11.6 Å². The smallest absolute Gasteiger partial charge is 0.349 e. The number of anilines is 1. The molecule has 0 aromatic carbocycles. The number of methoxy groups -OCH3 is 1. The van der Waals surface area contributed by atoms with E-state index in [9.17, 15) is 14.0 Å². The molecule has 0 radical (unpaired) electrons. The van der Waals surface area contributed by atoms with Gasteiger partial charge in [0.1, 0.15) is 0 Å². The summed E-state index contributed by atoms with van der Waals surface area (Å²) in [6.45, 7) is 0.00963. The Morgan fingerprint density at radius 2 is 2.40 bits per heavy atom. The number of ether oxygens (including phenoxy) is 1. The molecule has 0 saturated heterocycles. The number of rotatable bonds is 3. The van der Waals surface area contributed by atoms with Crippen molar-refractivity contribution in [2.45, 2.75) is 13.0 Å². The van der Waals surface area contributed by atoms with Crippen LogP contribution < -0.4 is 11.4 Å². The number of halogens is 1. The molecular weight excluding hydrogens is 205 g/mol. The van der Waals surface area contributed by atoms with E-state index in [1.807, 2.05) is 0 Å². The van der Waals surface area contributed by atoms with Crippen LogP contribution in [-0.2, 0) is 16.1 Å². The number of nitrogen functional groups attached to an aromatic ring is 1. The lowest BCUT2D eigenvalue weighted by Gasteiger charge is -2.04. The summed E-state index contributed by atoms with van der Waals surface area (Å²) in [5, 5.41) is 0. The lowest BCUT2D eigenvalue weighted by molar-refractivity contribution is -0.140. The minimum Gasteiger partial charge on any atom is -0.469 e. The predicted molar refractivity (Wildman–Crippen MR) is 49.5 cm³/mol. The standard InChI is InChI=1S/C8H10FN3O3/c1-15-6(13)2-3-12-4-5(9)7(10)11-8(12)14/h4H,2-3H2,1H3,(H2,10,11,14). The Kier molecular flexibility index (Phi) is 3.37. The third-order valence-electron chi connectivity index (χ3n) is 1.76. The molecule has 0 amide bonds. The molecule has 1 aromatic rings. The zero-order valence-electron chi connectivity index (χ0n) is 8.07. The summed E-state index contributed by atoms with van der Waals surface area (Å²) in [5.41, 5.74) is 4.38. The van der Waals surface area contributed by atoms with Crippen LogP contribution in [0.15, 0.2) is 11.0 Å². The number of hydrogen-bond acceptors (Lipinski definition) is 5. The van der Waals surface area contributed by atoms with Crippen molar-refractivity contribution in [3.05, 3.63) is 22.5 Å².